The molecular formula is C36H57FN4O6. The highest BCUT2D eigenvalue weighted by molar-refractivity contribution is 5.80. The maximum atomic E-state index is 12.6. The highest BCUT2D eigenvalue weighted by Gasteiger charge is 2.28. The zero-order valence-corrected chi connectivity index (χ0v) is 27.1. The molecule has 2 fully saturated rings. The zero-order chi connectivity index (χ0) is 33.4. The average molecular weight is 661 g/mol. The third kappa shape index (κ3) is 15.1. The van der Waals surface area contributed by atoms with E-state index in [1.165, 1.54) is 70.0 Å². The summed E-state index contributed by atoms with van der Waals surface area (Å²) in [6.07, 6.45) is 14.0. The maximum Gasteiger partial charge on any atom is 0.305 e. The fourth-order valence-corrected chi connectivity index (χ4v) is 5.69. The number of nitro benzene ring substituents is 2. The number of aldehydes is 2. The molecule has 11 heteroatoms. The summed E-state index contributed by atoms with van der Waals surface area (Å²) < 4.78 is 12.6. The second-order valence-electron chi connectivity index (χ2n) is 12.7. The van der Waals surface area contributed by atoms with Gasteiger partial charge in [0.15, 0.2) is 0 Å². The number of rotatable bonds is 11. The second-order valence-corrected chi connectivity index (χ2v) is 12.7. The van der Waals surface area contributed by atoms with E-state index in [-0.39, 0.29) is 31.0 Å². The Morgan fingerprint density at radius 1 is 0.787 bits per heavy atom. The van der Waals surface area contributed by atoms with Crippen LogP contribution in [0.5, 0.6) is 0 Å². The van der Waals surface area contributed by atoms with E-state index in [0.717, 1.165) is 43.5 Å². The van der Waals surface area contributed by atoms with Gasteiger partial charge in [-0.25, -0.2) is 0 Å². The Labute approximate surface area is 280 Å². The van der Waals surface area contributed by atoms with Gasteiger partial charge in [-0.05, 0) is 68.3 Å². The lowest BCUT2D eigenvalue weighted by Gasteiger charge is -2.37. The van der Waals surface area contributed by atoms with Crippen molar-refractivity contribution < 1.29 is 23.8 Å². The van der Waals surface area contributed by atoms with Crippen LogP contribution >= 0.6 is 0 Å². The molecule has 10 nitrogen and oxygen atoms in total. The minimum atomic E-state index is -0.939. The van der Waals surface area contributed by atoms with Crippen molar-refractivity contribution in [3.8, 4) is 0 Å². The summed E-state index contributed by atoms with van der Waals surface area (Å²) >= 11 is 0. The molecule has 0 heterocycles. The topological polar surface area (TPSA) is 136 Å². The average Bonchev–Trinajstić information content (AvgIpc) is 3.04. The Kier molecular flexibility index (Phi) is 20.9. The predicted octanol–water partition coefficient (Wildman–Crippen LogP) is 9.59. The minimum Gasteiger partial charge on any atom is -0.363 e. The summed E-state index contributed by atoms with van der Waals surface area (Å²) in [5, 5.41) is 25.2. The summed E-state index contributed by atoms with van der Waals surface area (Å²) in [7, 11) is 0. The van der Waals surface area contributed by atoms with E-state index < -0.39 is 16.4 Å². The maximum absolute atomic E-state index is 12.6. The molecule has 2 saturated carbocycles. The summed E-state index contributed by atoms with van der Waals surface area (Å²) in [5.41, 5.74) is 0.443. The quantitative estimate of drug-likeness (QED) is 0.143. The van der Waals surface area contributed by atoms with Gasteiger partial charge in [-0.2, -0.15) is 4.39 Å². The van der Waals surface area contributed by atoms with Crippen molar-refractivity contribution in [3.05, 3.63) is 73.6 Å². The van der Waals surface area contributed by atoms with Gasteiger partial charge >= 0.3 is 5.69 Å². The van der Waals surface area contributed by atoms with E-state index in [1.54, 1.807) is 12.1 Å². The van der Waals surface area contributed by atoms with E-state index in [2.05, 4.69) is 37.9 Å². The number of nitrogens with zero attached hydrogens (tertiary/aromatic N) is 3. The Balaban J connectivity index is 0.000000721. The molecule has 0 radical (unpaired) electrons. The Bertz CT molecular complexity index is 1240. The van der Waals surface area contributed by atoms with E-state index in [4.69, 9.17) is 0 Å². The number of carbonyl (C=O) groups is 2. The predicted molar refractivity (Wildman–Crippen MR) is 189 cm³/mol. The summed E-state index contributed by atoms with van der Waals surface area (Å²) in [6, 6.07) is 8.95. The zero-order valence-electron chi connectivity index (χ0n) is 27.1. The molecule has 264 valence electrons. The molecule has 0 unspecified atom stereocenters. The molecule has 2 aliphatic rings. The van der Waals surface area contributed by atoms with E-state index in [0.29, 0.717) is 35.8 Å². The first-order chi connectivity index (χ1) is 21.5. The van der Waals surface area contributed by atoms with Gasteiger partial charge in [-0.15, -0.1) is 0 Å². The number of nitrogens with one attached hydrogen (secondary N) is 1. The first kappa shape index (κ1) is 43.3. The van der Waals surface area contributed by atoms with Gasteiger partial charge in [0.2, 0.25) is 5.82 Å². The SMILES string of the molecule is C.C.CC(C)CN(c1ccc(C=O)cc1[N+](=O)[O-])C1CCCCC1.CC(C)CNC1CCCCC1.O=Cc1ccc(F)c([N+](=O)[O-])c1. The number of carbonyl (C=O) groups excluding carboxylic acids is 2. The Morgan fingerprint density at radius 2 is 1.28 bits per heavy atom. The molecule has 2 aliphatic carbocycles. The van der Waals surface area contributed by atoms with Gasteiger partial charge in [0.05, 0.1) is 9.85 Å². The van der Waals surface area contributed by atoms with Gasteiger partial charge < -0.3 is 10.2 Å². The molecular weight excluding hydrogens is 603 g/mol. The summed E-state index contributed by atoms with van der Waals surface area (Å²) in [5.74, 6) is 0.287. The largest absolute Gasteiger partial charge is 0.363 e. The molecule has 0 bridgehead atoms. The molecule has 2 aromatic carbocycles. The van der Waals surface area contributed by atoms with Gasteiger partial charge in [0.1, 0.15) is 18.3 Å². The molecule has 1 N–H and O–H groups in total. The van der Waals surface area contributed by atoms with Crippen molar-refractivity contribution >= 4 is 29.6 Å². The number of halogens is 1. The number of nitro groups is 2. The van der Waals surface area contributed by atoms with Gasteiger partial charge in [0.25, 0.3) is 5.69 Å². The fourth-order valence-electron chi connectivity index (χ4n) is 5.69. The molecule has 4 rings (SSSR count). The van der Waals surface area contributed by atoms with Crippen molar-refractivity contribution in [2.45, 2.75) is 119 Å². The molecule has 0 aromatic heterocycles. The van der Waals surface area contributed by atoms with Crippen LogP contribution in [0.2, 0.25) is 0 Å². The van der Waals surface area contributed by atoms with Crippen LogP contribution in [0.25, 0.3) is 0 Å². The molecule has 0 saturated heterocycles. The van der Waals surface area contributed by atoms with E-state index in [1.807, 2.05) is 0 Å². The van der Waals surface area contributed by atoms with Crippen molar-refractivity contribution in [1.29, 1.82) is 0 Å². The number of anilines is 1. The molecule has 0 aliphatic heterocycles. The minimum absolute atomic E-state index is 0. The highest BCUT2D eigenvalue weighted by Crippen LogP contribution is 2.35. The lowest BCUT2D eigenvalue weighted by atomic mass is 9.93. The Hall–Kier alpha value is -3.73. The van der Waals surface area contributed by atoms with Crippen LogP contribution in [-0.4, -0.2) is 47.6 Å². The van der Waals surface area contributed by atoms with E-state index >= 15 is 0 Å². The number of benzene rings is 2. The van der Waals surface area contributed by atoms with Crippen LogP contribution in [-0.2, 0) is 0 Å². The number of hydrogen-bond donors (Lipinski definition) is 1. The monoisotopic (exact) mass is 660 g/mol. The summed E-state index contributed by atoms with van der Waals surface area (Å²) in [4.78, 5) is 43.6. The Morgan fingerprint density at radius 3 is 1.74 bits per heavy atom. The van der Waals surface area contributed by atoms with Gasteiger partial charge in [0, 0.05) is 41.9 Å². The van der Waals surface area contributed by atoms with Crippen LogP contribution in [0.4, 0.5) is 21.5 Å². The summed E-state index contributed by atoms with van der Waals surface area (Å²) in [6.45, 7) is 10.8. The second kappa shape index (κ2) is 22.7. The molecule has 47 heavy (non-hydrogen) atoms. The standard InChI is InChI=1S/C17H24N2O3.C10H21N.C7H4FNO3.2CH4/c1-13(2)11-18(15-6-4-3-5-7-15)16-9-8-14(12-20)10-17(16)19(21)22;1-9(2)8-11-10-6-4-3-5-7-10;8-6-2-1-5(4-10)3-7(6)9(11)12;;/h8-10,12-13,15H,3-7,11H2,1-2H3;9-11H,3-8H2,1-2H3;1-4H;2*1H4. The van der Waals surface area contributed by atoms with Crippen molar-refractivity contribution in [3.63, 3.8) is 0 Å². The van der Waals surface area contributed by atoms with Gasteiger partial charge in [-0.3, -0.25) is 29.8 Å². The lowest BCUT2D eigenvalue weighted by Crippen LogP contribution is -2.39. The molecule has 2 aromatic rings. The van der Waals surface area contributed by atoms with Crippen LogP contribution in [0.1, 0.15) is 127 Å². The van der Waals surface area contributed by atoms with Crippen molar-refractivity contribution in [2.24, 2.45) is 11.8 Å². The van der Waals surface area contributed by atoms with Crippen LogP contribution < -0.4 is 10.2 Å². The third-order valence-corrected chi connectivity index (χ3v) is 7.94. The number of hydrogen-bond acceptors (Lipinski definition) is 8. The fraction of sp³-hybridized carbons (Fsp3) is 0.611. The third-order valence-electron chi connectivity index (χ3n) is 7.94. The molecule has 0 spiro atoms. The lowest BCUT2D eigenvalue weighted by molar-refractivity contribution is -0.387. The normalized spacial score (nSPS) is 14.7. The van der Waals surface area contributed by atoms with Crippen molar-refractivity contribution in [2.75, 3.05) is 18.0 Å². The van der Waals surface area contributed by atoms with Crippen LogP contribution in [0.3, 0.4) is 0 Å². The van der Waals surface area contributed by atoms with Crippen LogP contribution in [0.15, 0.2) is 36.4 Å². The van der Waals surface area contributed by atoms with Crippen molar-refractivity contribution in [1.82, 2.24) is 5.32 Å². The van der Waals surface area contributed by atoms with Crippen LogP contribution in [0, 0.1) is 37.9 Å². The van der Waals surface area contributed by atoms with Gasteiger partial charge in [-0.1, -0.05) is 81.1 Å². The first-order valence-electron chi connectivity index (χ1n) is 16.1. The highest BCUT2D eigenvalue weighted by atomic mass is 19.1. The smallest absolute Gasteiger partial charge is 0.305 e. The molecule has 0 atom stereocenters. The molecule has 0 amide bonds. The van der Waals surface area contributed by atoms with E-state index in [9.17, 15) is 34.2 Å². The first-order valence-corrected chi connectivity index (χ1v) is 16.1.